The molecule has 0 unspecified atom stereocenters. The standard InChI is InChI=1S/C4H7Cl2P/c1-7(2)3-4(5)6/h3H,1-2H3. The van der Waals surface area contributed by atoms with Gasteiger partial charge in [-0.15, -0.1) is 0 Å². The lowest BCUT2D eigenvalue weighted by Crippen LogP contribution is -1.55. The minimum absolute atomic E-state index is 0.0658. The lowest BCUT2D eigenvalue weighted by atomic mass is 11.2. The van der Waals surface area contributed by atoms with Crippen molar-refractivity contribution in [3.05, 3.63) is 10.3 Å². The molecule has 0 atom stereocenters. The minimum Gasteiger partial charge on any atom is -0.0870 e. The van der Waals surface area contributed by atoms with E-state index in [-0.39, 0.29) is 7.92 Å². The molecule has 0 saturated heterocycles. The summed E-state index contributed by atoms with van der Waals surface area (Å²) < 4.78 is 0.385. The van der Waals surface area contributed by atoms with E-state index in [9.17, 15) is 0 Å². The molecule has 0 spiro atoms. The Morgan fingerprint density at radius 2 is 1.86 bits per heavy atom. The van der Waals surface area contributed by atoms with Gasteiger partial charge in [-0.05, 0) is 19.1 Å². The lowest BCUT2D eigenvalue weighted by molar-refractivity contribution is 2.16. The molecule has 7 heavy (non-hydrogen) atoms. The highest BCUT2D eigenvalue weighted by Gasteiger charge is 1.85. The third-order valence-electron chi connectivity index (χ3n) is 0.356. The van der Waals surface area contributed by atoms with E-state index in [4.69, 9.17) is 23.2 Å². The van der Waals surface area contributed by atoms with Crippen LogP contribution in [0.4, 0.5) is 0 Å². The zero-order valence-corrected chi connectivity index (χ0v) is 6.69. The summed E-state index contributed by atoms with van der Waals surface area (Å²) in [4.78, 5) is 0. The van der Waals surface area contributed by atoms with Gasteiger partial charge in [-0.3, -0.25) is 0 Å². The second-order valence-electron chi connectivity index (χ2n) is 1.38. The van der Waals surface area contributed by atoms with Crippen LogP contribution in [0.1, 0.15) is 0 Å². The van der Waals surface area contributed by atoms with Crippen molar-refractivity contribution in [2.45, 2.75) is 0 Å². The van der Waals surface area contributed by atoms with Crippen LogP contribution in [0.3, 0.4) is 0 Å². The summed E-state index contributed by atoms with van der Waals surface area (Å²) in [6.45, 7) is 4.17. The molecule has 0 aromatic carbocycles. The summed E-state index contributed by atoms with van der Waals surface area (Å²) in [5.41, 5.74) is 0. The molecule has 3 heteroatoms. The summed E-state index contributed by atoms with van der Waals surface area (Å²) in [6, 6.07) is 0. The smallest absolute Gasteiger partial charge is 0.0870 e. The number of hydrogen-bond acceptors (Lipinski definition) is 0. The van der Waals surface area contributed by atoms with Gasteiger partial charge in [-0.2, -0.15) is 0 Å². The maximum Gasteiger partial charge on any atom is 0.107 e. The Hall–Kier alpha value is 0.750. The van der Waals surface area contributed by atoms with Crippen molar-refractivity contribution in [2.24, 2.45) is 0 Å². The molecule has 0 rings (SSSR count). The van der Waals surface area contributed by atoms with Crippen LogP contribution >= 0.6 is 31.1 Å². The first-order chi connectivity index (χ1) is 3.13. The quantitative estimate of drug-likeness (QED) is 0.513. The summed E-state index contributed by atoms with van der Waals surface area (Å²) in [5, 5.41) is 0. The Morgan fingerprint density at radius 3 is 1.86 bits per heavy atom. The highest BCUT2D eigenvalue weighted by molar-refractivity contribution is 7.59. The predicted octanol–water partition coefficient (Wildman–Crippen LogP) is 3.00. The van der Waals surface area contributed by atoms with Crippen molar-refractivity contribution in [3.63, 3.8) is 0 Å². The molecular formula is C4H7Cl2P. The monoisotopic (exact) mass is 156 g/mol. The fourth-order valence-electron chi connectivity index (χ4n) is 0.195. The molecule has 0 fully saturated rings. The van der Waals surface area contributed by atoms with Crippen LogP contribution in [0.5, 0.6) is 0 Å². The molecule has 0 aliphatic rings. The molecule has 0 radical (unpaired) electrons. The Morgan fingerprint density at radius 1 is 1.43 bits per heavy atom. The molecule has 0 amide bonds. The van der Waals surface area contributed by atoms with Crippen LogP contribution in [0.15, 0.2) is 10.3 Å². The zero-order chi connectivity index (χ0) is 5.86. The molecular weight excluding hydrogens is 150 g/mol. The Labute approximate surface area is 55.3 Å². The molecule has 0 bridgehead atoms. The molecule has 0 aliphatic carbocycles. The number of rotatable bonds is 1. The van der Waals surface area contributed by atoms with Crippen molar-refractivity contribution in [3.8, 4) is 0 Å². The minimum atomic E-state index is -0.0658. The second kappa shape index (κ2) is 3.72. The van der Waals surface area contributed by atoms with Crippen molar-refractivity contribution < 1.29 is 0 Å². The molecule has 0 heterocycles. The van der Waals surface area contributed by atoms with Gasteiger partial charge < -0.3 is 0 Å². The molecule has 0 aromatic rings. The van der Waals surface area contributed by atoms with E-state index in [2.05, 4.69) is 13.3 Å². The van der Waals surface area contributed by atoms with Crippen molar-refractivity contribution in [1.82, 2.24) is 0 Å². The van der Waals surface area contributed by atoms with Gasteiger partial charge in [0.05, 0.1) is 0 Å². The largest absolute Gasteiger partial charge is 0.107 e. The maximum absolute atomic E-state index is 5.32. The number of halogens is 2. The van der Waals surface area contributed by atoms with E-state index in [1.165, 1.54) is 0 Å². The van der Waals surface area contributed by atoms with E-state index in [0.29, 0.717) is 4.49 Å². The van der Waals surface area contributed by atoms with Gasteiger partial charge in [0.25, 0.3) is 0 Å². The summed E-state index contributed by atoms with van der Waals surface area (Å²) in [5.74, 6) is 1.85. The first-order valence-electron chi connectivity index (χ1n) is 1.82. The normalized spacial score (nSPS) is 9.29. The lowest BCUT2D eigenvalue weighted by Gasteiger charge is -1.91. The fraction of sp³-hybridized carbons (Fsp3) is 0.500. The molecule has 0 aromatic heterocycles. The van der Waals surface area contributed by atoms with Crippen molar-refractivity contribution in [1.29, 1.82) is 0 Å². The number of hydrogen-bond donors (Lipinski definition) is 0. The van der Waals surface area contributed by atoms with Gasteiger partial charge in [-0.1, -0.05) is 31.1 Å². The van der Waals surface area contributed by atoms with Crippen LogP contribution in [-0.4, -0.2) is 13.3 Å². The first kappa shape index (κ1) is 7.75. The zero-order valence-electron chi connectivity index (χ0n) is 4.28. The van der Waals surface area contributed by atoms with E-state index >= 15 is 0 Å². The average molecular weight is 157 g/mol. The Bertz CT molecular complexity index is 73.8. The predicted molar refractivity (Wildman–Crippen MR) is 38.6 cm³/mol. The van der Waals surface area contributed by atoms with Crippen LogP contribution in [0, 0.1) is 0 Å². The molecule has 0 N–H and O–H groups in total. The average Bonchev–Trinajstić information content (AvgIpc) is 1.27. The highest BCUT2D eigenvalue weighted by atomic mass is 35.5. The summed E-state index contributed by atoms with van der Waals surface area (Å²) >= 11 is 10.6. The van der Waals surface area contributed by atoms with Gasteiger partial charge in [0.2, 0.25) is 0 Å². The SMILES string of the molecule is CP(C)C=C(Cl)Cl. The van der Waals surface area contributed by atoms with E-state index < -0.39 is 0 Å². The second-order valence-corrected chi connectivity index (χ2v) is 4.58. The summed E-state index contributed by atoms with van der Waals surface area (Å²) in [6.07, 6.45) is 0. The maximum atomic E-state index is 5.32. The van der Waals surface area contributed by atoms with Crippen molar-refractivity contribution >= 4 is 31.1 Å². The Kier molecular flexibility index (Phi) is 4.11. The summed E-state index contributed by atoms with van der Waals surface area (Å²) in [7, 11) is -0.0658. The van der Waals surface area contributed by atoms with E-state index in [0.717, 1.165) is 0 Å². The topological polar surface area (TPSA) is 0 Å². The van der Waals surface area contributed by atoms with E-state index in [1.807, 2.05) is 5.82 Å². The molecule has 42 valence electrons. The van der Waals surface area contributed by atoms with Crippen LogP contribution in [0.2, 0.25) is 0 Å². The van der Waals surface area contributed by atoms with Gasteiger partial charge in [0.1, 0.15) is 4.49 Å². The van der Waals surface area contributed by atoms with Gasteiger partial charge in [0, 0.05) is 0 Å². The molecule has 0 saturated carbocycles. The Balaban J connectivity index is 3.45. The van der Waals surface area contributed by atoms with Crippen molar-refractivity contribution in [2.75, 3.05) is 13.3 Å². The van der Waals surface area contributed by atoms with Gasteiger partial charge in [-0.25, -0.2) is 0 Å². The van der Waals surface area contributed by atoms with Gasteiger partial charge in [0.15, 0.2) is 0 Å². The van der Waals surface area contributed by atoms with Crippen LogP contribution < -0.4 is 0 Å². The molecule has 0 nitrogen and oxygen atoms in total. The third-order valence-corrected chi connectivity index (χ3v) is 1.65. The van der Waals surface area contributed by atoms with E-state index in [1.54, 1.807) is 0 Å². The van der Waals surface area contributed by atoms with Gasteiger partial charge >= 0.3 is 0 Å². The molecule has 0 aliphatic heterocycles. The van der Waals surface area contributed by atoms with Crippen LogP contribution in [-0.2, 0) is 0 Å². The fourth-order valence-corrected chi connectivity index (χ4v) is 1.76. The van der Waals surface area contributed by atoms with Crippen LogP contribution in [0.25, 0.3) is 0 Å². The third kappa shape index (κ3) is 6.75. The highest BCUT2D eigenvalue weighted by Crippen LogP contribution is 2.30. The first-order valence-corrected chi connectivity index (χ1v) is 4.88.